The lowest BCUT2D eigenvalue weighted by Gasteiger charge is -2.21. The number of carbonyl (C=O) groups excluding carboxylic acids is 2. The summed E-state index contributed by atoms with van der Waals surface area (Å²) in [7, 11) is 0. The van der Waals surface area contributed by atoms with E-state index in [1.165, 1.54) is 30.0 Å². The van der Waals surface area contributed by atoms with Gasteiger partial charge in [0.25, 0.3) is 0 Å². The third-order valence-corrected chi connectivity index (χ3v) is 3.15. The van der Waals surface area contributed by atoms with Gasteiger partial charge in [0.05, 0.1) is 17.2 Å². The number of amides is 1. The van der Waals surface area contributed by atoms with Crippen molar-refractivity contribution in [3.8, 4) is 5.75 Å². The van der Waals surface area contributed by atoms with Crippen molar-refractivity contribution in [2.24, 2.45) is 0 Å². The van der Waals surface area contributed by atoms with Crippen molar-refractivity contribution >= 4 is 23.3 Å². The molecule has 0 N–H and O–H groups in total. The molecule has 1 aromatic heterocycles. The largest absolute Gasteiger partial charge is 0.419 e. The van der Waals surface area contributed by atoms with E-state index in [4.69, 9.17) is 4.74 Å². The number of ether oxygens (including phenoxy) is 1. The van der Waals surface area contributed by atoms with E-state index in [1.807, 2.05) is 0 Å². The molecule has 124 valence electrons. The molecule has 0 unspecified atom stereocenters. The summed E-state index contributed by atoms with van der Waals surface area (Å²) in [4.78, 5) is 38.9. The van der Waals surface area contributed by atoms with E-state index < -0.39 is 10.9 Å². The number of hydrogen-bond donors (Lipinski definition) is 0. The van der Waals surface area contributed by atoms with Crippen LogP contribution in [0.3, 0.4) is 0 Å². The maximum absolute atomic E-state index is 11.9. The van der Waals surface area contributed by atoms with E-state index in [1.54, 1.807) is 24.5 Å². The van der Waals surface area contributed by atoms with Crippen molar-refractivity contribution in [1.29, 1.82) is 0 Å². The van der Waals surface area contributed by atoms with Gasteiger partial charge in [-0.2, -0.15) is 0 Å². The average Bonchev–Trinajstić information content (AvgIpc) is 2.53. The zero-order valence-electron chi connectivity index (χ0n) is 13.1. The second-order valence-corrected chi connectivity index (χ2v) is 4.97. The lowest BCUT2D eigenvalue weighted by molar-refractivity contribution is -0.385. The fourth-order valence-electron chi connectivity index (χ4n) is 2.12. The number of pyridine rings is 1. The summed E-state index contributed by atoms with van der Waals surface area (Å²) in [5.41, 5.74) is 0.716. The van der Waals surface area contributed by atoms with Gasteiger partial charge in [-0.3, -0.25) is 24.7 Å². The molecular weight excluding hydrogens is 314 g/mol. The van der Waals surface area contributed by atoms with Crippen LogP contribution in [0.1, 0.15) is 19.4 Å². The summed E-state index contributed by atoms with van der Waals surface area (Å²) in [6.07, 6.45) is 3.22. The van der Waals surface area contributed by atoms with Gasteiger partial charge in [-0.15, -0.1) is 0 Å². The van der Waals surface area contributed by atoms with E-state index in [0.717, 1.165) is 12.5 Å². The van der Waals surface area contributed by atoms with Crippen molar-refractivity contribution in [3.63, 3.8) is 0 Å². The standard InChI is InChI=1S/C16H15N3O5/c1-11(20)18(10-13-4-3-7-17-9-13)14-5-6-16(24-12(2)21)15(8-14)19(22)23/h3-9H,10H2,1-2H3. The maximum Gasteiger partial charge on any atom is 0.313 e. The topological polar surface area (TPSA) is 103 Å². The molecule has 0 spiro atoms. The molecule has 0 fully saturated rings. The summed E-state index contributed by atoms with van der Waals surface area (Å²) < 4.78 is 4.83. The van der Waals surface area contributed by atoms with E-state index in [0.29, 0.717) is 5.69 Å². The van der Waals surface area contributed by atoms with Crippen LogP contribution in [0.2, 0.25) is 0 Å². The van der Waals surface area contributed by atoms with E-state index >= 15 is 0 Å². The summed E-state index contributed by atoms with van der Waals surface area (Å²) in [6, 6.07) is 7.53. The fraction of sp³-hybridized carbons (Fsp3) is 0.188. The molecule has 1 amide bonds. The maximum atomic E-state index is 11.9. The number of esters is 1. The number of carbonyl (C=O) groups is 2. The average molecular weight is 329 g/mol. The van der Waals surface area contributed by atoms with Crippen LogP contribution < -0.4 is 9.64 Å². The van der Waals surface area contributed by atoms with Gasteiger partial charge in [0.2, 0.25) is 11.7 Å². The summed E-state index contributed by atoms with van der Waals surface area (Å²) in [6.45, 7) is 2.73. The SMILES string of the molecule is CC(=O)Oc1ccc(N(Cc2cccnc2)C(C)=O)cc1[N+](=O)[O-]. The van der Waals surface area contributed by atoms with Gasteiger partial charge >= 0.3 is 11.7 Å². The van der Waals surface area contributed by atoms with Gasteiger partial charge in [0, 0.05) is 32.3 Å². The predicted octanol–water partition coefficient (Wildman–Crippen LogP) is 2.47. The first-order valence-corrected chi connectivity index (χ1v) is 7.02. The molecule has 1 heterocycles. The molecule has 0 aliphatic carbocycles. The summed E-state index contributed by atoms with van der Waals surface area (Å²) in [5.74, 6) is -1.11. The molecular formula is C16H15N3O5. The van der Waals surface area contributed by atoms with E-state index in [9.17, 15) is 19.7 Å². The third-order valence-electron chi connectivity index (χ3n) is 3.15. The molecule has 0 saturated carbocycles. The monoisotopic (exact) mass is 329 g/mol. The number of nitro benzene ring substituents is 1. The van der Waals surface area contributed by atoms with Crippen LogP contribution >= 0.6 is 0 Å². The molecule has 0 saturated heterocycles. The highest BCUT2D eigenvalue weighted by Gasteiger charge is 2.21. The Morgan fingerprint density at radius 3 is 2.58 bits per heavy atom. The minimum absolute atomic E-state index is 0.166. The number of aromatic nitrogens is 1. The Labute approximate surface area is 137 Å². The highest BCUT2D eigenvalue weighted by molar-refractivity contribution is 5.92. The van der Waals surface area contributed by atoms with Gasteiger partial charge in [0.15, 0.2) is 0 Å². The van der Waals surface area contributed by atoms with Crippen molar-refractivity contribution in [2.75, 3.05) is 4.90 Å². The Bertz CT molecular complexity index is 777. The summed E-state index contributed by atoms with van der Waals surface area (Å²) in [5, 5.41) is 11.2. The molecule has 8 nitrogen and oxygen atoms in total. The lowest BCUT2D eigenvalue weighted by Crippen LogP contribution is -2.27. The third kappa shape index (κ3) is 4.13. The van der Waals surface area contributed by atoms with Gasteiger partial charge in [-0.05, 0) is 23.8 Å². The minimum Gasteiger partial charge on any atom is -0.419 e. The van der Waals surface area contributed by atoms with Crippen molar-refractivity contribution in [3.05, 3.63) is 58.4 Å². The normalized spacial score (nSPS) is 10.1. The van der Waals surface area contributed by atoms with Crippen LogP contribution in [0.25, 0.3) is 0 Å². The van der Waals surface area contributed by atoms with Gasteiger partial charge in [-0.1, -0.05) is 6.07 Å². The fourth-order valence-corrected chi connectivity index (χ4v) is 2.12. The van der Waals surface area contributed by atoms with Gasteiger partial charge < -0.3 is 9.64 Å². The van der Waals surface area contributed by atoms with E-state index in [2.05, 4.69) is 4.98 Å². The molecule has 1 aromatic carbocycles. The molecule has 2 aromatic rings. The Hall–Kier alpha value is -3.29. The number of nitrogens with zero attached hydrogens (tertiary/aromatic N) is 3. The molecule has 0 aliphatic heterocycles. The minimum atomic E-state index is -0.663. The predicted molar refractivity (Wildman–Crippen MR) is 85.5 cm³/mol. The zero-order chi connectivity index (χ0) is 17.7. The summed E-state index contributed by atoms with van der Waals surface area (Å²) >= 11 is 0. The van der Waals surface area contributed by atoms with Crippen molar-refractivity contribution < 1.29 is 19.2 Å². The molecule has 24 heavy (non-hydrogen) atoms. The first-order chi connectivity index (χ1) is 11.4. The second-order valence-electron chi connectivity index (χ2n) is 4.97. The van der Waals surface area contributed by atoms with Crippen LogP contribution in [0, 0.1) is 10.1 Å². The molecule has 8 heteroatoms. The first-order valence-electron chi connectivity index (χ1n) is 7.02. The number of anilines is 1. The molecule has 0 bridgehead atoms. The Kier molecular flexibility index (Phi) is 5.20. The molecule has 2 rings (SSSR count). The second kappa shape index (κ2) is 7.32. The first kappa shape index (κ1) is 17.1. The zero-order valence-corrected chi connectivity index (χ0v) is 13.1. The number of hydrogen-bond acceptors (Lipinski definition) is 6. The van der Waals surface area contributed by atoms with Crippen LogP contribution in [0.4, 0.5) is 11.4 Å². The van der Waals surface area contributed by atoms with Crippen LogP contribution in [0.5, 0.6) is 5.75 Å². The number of rotatable bonds is 5. The molecule has 0 aliphatic rings. The molecule has 0 radical (unpaired) electrons. The van der Waals surface area contributed by atoms with Crippen molar-refractivity contribution in [2.45, 2.75) is 20.4 Å². The smallest absolute Gasteiger partial charge is 0.313 e. The number of benzene rings is 1. The lowest BCUT2D eigenvalue weighted by atomic mass is 10.2. The highest BCUT2D eigenvalue weighted by Crippen LogP contribution is 2.32. The van der Waals surface area contributed by atoms with Crippen molar-refractivity contribution in [1.82, 2.24) is 4.98 Å². The van der Waals surface area contributed by atoms with Crippen LogP contribution in [0.15, 0.2) is 42.7 Å². The van der Waals surface area contributed by atoms with E-state index in [-0.39, 0.29) is 23.9 Å². The van der Waals surface area contributed by atoms with Gasteiger partial charge in [-0.25, -0.2) is 0 Å². The van der Waals surface area contributed by atoms with Gasteiger partial charge in [0.1, 0.15) is 0 Å². The highest BCUT2D eigenvalue weighted by atomic mass is 16.6. The Balaban J connectivity index is 2.40. The Morgan fingerprint density at radius 1 is 1.29 bits per heavy atom. The quantitative estimate of drug-likeness (QED) is 0.361. The van der Waals surface area contributed by atoms with Crippen LogP contribution in [-0.4, -0.2) is 21.8 Å². The number of nitro groups is 1. The molecule has 0 atom stereocenters. The van der Waals surface area contributed by atoms with Crippen LogP contribution in [-0.2, 0) is 16.1 Å². The Morgan fingerprint density at radius 2 is 2.04 bits per heavy atom.